The number of hydrogen-bond donors (Lipinski definition) is 1. The van der Waals surface area contributed by atoms with Crippen LogP contribution in [0.4, 0.5) is 0 Å². The minimum Gasteiger partial charge on any atom is -0.493 e. The summed E-state index contributed by atoms with van der Waals surface area (Å²) in [6.45, 7) is 0.509. The first-order chi connectivity index (χ1) is 13.2. The van der Waals surface area contributed by atoms with E-state index in [1.807, 2.05) is 36.5 Å². The minimum absolute atomic E-state index is 0.509. The van der Waals surface area contributed by atoms with Crippen molar-refractivity contribution < 1.29 is 9.47 Å². The number of ether oxygens (including phenoxy) is 2. The molecule has 4 rings (SSSR count). The highest BCUT2D eigenvalue weighted by molar-refractivity contribution is 9.10. The predicted molar refractivity (Wildman–Crippen MR) is 112 cm³/mol. The largest absolute Gasteiger partial charge is 0.493 e. The number of methoxy groups -OCH3 is 1. The number of aromatic amines is 1. The van der Waals surface area contributed by atoms with Crippen LogP contribution in [0.3, 0.4) is 0 Å². The van der Waals surface area contributed by atoms with E-state index in [2.05, 4.69) is 57.3 Å². The first kappa shape index (κ1) is 17.7. The van der Waals surface area contributed by atoms with Crippen molar-refractivity contribution in [2.24, 2.45) is 0 Å². The van der Waals surface area contributed by atoms with Gasteiger partial charge in [-0.3, -0.25) is 0 Å². The Morgan fingerprint density at radius 2 is 1.78 bits per heavy atom. The lowest BCUT2D eigenvalue weighted by Gasteiger charge is -2.16. The third kappa shape index (κ3) is 3.86. The molecule has 0 spiro atoms. The number of rotatable bonds is 6. The molecule has 0 aromatic heterocycles. The lowest BCUT2D eigenvalue weighted by atomic mass is 10.0. The zero-order valence-corrected chi connectivity index (χ0v) is 16.6. The molecule has 1 heterocycles. The SMILES string of the molecule is COc1cccc(Cc2ccc3[nH]cc(Br)cc2-3)c1OCc1ccccc1. The number of benzene rings is 2. The molecule has 2 aliphatic rings. The van der Waals surface area contributed by atoms with E-state index in [0.717, 1.165) is 39.2 Å². The van der Waals surface area contributed by atoms with E-state index in [1.165, 1.54) is 11.1 Å². The summed E-state index contributed by atoms with van der Waals surface area (Å²) in [6, 6.07) is 22.6. The molecule has 4 heteroatoms. The highest BCUT2D eigenvalue weighted by atomic mass is 79.9. The quantitative estimate of drug-likeness (QED) is 0.410. The maximum Gasteiger partial charge on any atom is 0.165 e. The van der Waals surface area contributed by atoms with Gasteiger partial charge in [0.1, 0.15) is 6.61 Å². The van der Waals surface area contributed by atoms with Crippen LogP contribution in [-0.2, 0) is 13.0 Å². The van der Waals surface area contributed by atoms with Crippen LogP contribution in [0.1, 0.15) is 16.7 Å². The van der Waals surface area contributed by atoms with Crippen LogP contribution in [-0.4, -0.2) is 12.1 Å². The van der Waals surface area contributed by atoms with E-state index < -0.39 is 0 Å². The zero-order valence-electron chi connectivity index (χ0n) is 15.0. The van der Waals surface area contributed by atoms with Crippen molar-refractivity contribution in [1.82, 2.24) is 4.98 Å². The number of hydrogen-bond acceptors (Lipinski definition) is 2. The van der Waals surface area contributed by atoms with Crippen molar-refractivity contribution in [1.29, 1.82) is 0 Å². The lowest BCUT2D eigenvalue weighted by molar-refractivity contribution is 0.282. The van der Waals surface area contributed by atoms with Gasteiger partial charge >= 0.3 is 0 Å². The molecule has 136 valence electrons. The van der Waals surface area contributed by atoms with E-state index in [4.69, 9.17) is 9.47 Å². The molecule has 0 radical (unpaired) electrons. The molecular weight excluding hydrogens is 402 g/mol. The molecule has 1 aliphatic carbocycles. The molecule has 0 unspecified atom stereocenters. The van der Waals surface area contributed by atoms with Gasteiger partial charge in [-0.15, -0.1) is 0 Å². The fourth-order valence-corrected chi connectivity index (χ4v) is 3.62. The van der Waals surface area contributed by atoms with E-state index >= 15 is 0 Å². The van der Waals surface area contributed by atoms with Crippen molar-refractivity contribution in [3.05, 3.63) is 94.1 Å². The maximum absolute atomic E-state index is 6.19. The molecule has 0 atom stereocenters. The monoisotopic (exact) mass is 421 g/mol. The first-order valence-electron chi connectivity index (χ1n) is 8.82. The van der Waals surface area contributed by atoms with E-state index in [0.29, 0.717) is 6.61 Å². The Kier molecular flexibility index (Phi) is 5.16. The lowest BCUT2D eigenvalue weighted by Crippen LogP contribution is -2.02. The Bertz CT molecular complexity index is 1010. The summed E-state index contributed by atoms with van der Waals surface area (Å²) in [6.07, 6.45) is 2.72. The smallest absolute Gasteiger partial charge is 0.165 e. The Morgan fingerprint density at radius 1 is 0.926 bits per heavy atom. The highest BCUT2D eigenvalue weighted by Gasteiger charge is 2.16. The number of nitrogens with one attached hydrogen (secondary N) is 1. The molecule has 0 saturated carbocycles. The molecular formula is C23H20BrNO2. The van der Waals surface area contributed by atoms with Crippen LogP contribution < -0.4 is 9.47 Å². The summed E-state index contributed by atoms with van der Waals surface area (Å²) in [5.74, 6) is 1.56. The molecule has 2 aromatic rings. The summed E-state index contributed by atoms with van der Waals surface area (Å²) >= 11 is 3.55. The molecule has 0 fully saturated rings. The average Bonchev–Trinajstić information content (AvgIpc) is 3.09. The average molecular weight is 422 g/mol. The molecule has 0 amide bonds. The number of pyridine rings is 1. The van der Waals surface area contributed by atoms with E-state index in [-0.39, 0.29) is 0 Å². The van der Waals surface area contributed by atoms with Crippen LogP contribution in [0.5, 0.6) is 11.5 Å². The summed E-state index contributed by atoms with van der Waals surface area (Å²) in [5.41, 5.74) is 5.83. The van der Waals surface area contributed by atoms with Crippen molar-refractivity contribution in [3.8, 4) is 22.8 Å². The summed E-state index contributed by atoms with van der Waals surface area (Å²) < 4.78 is 12.8. The number of para-hydroxylation sites is 1. The molecule has 27 heavy (non-hydrogen) atoms. The number of fused-ring (bicyclic) bond motifs is 1. The van der Waals surface area contributed by atoms with Gasteiger partial charge in [0, 0.05) is 33.9 Å². The normalized spacial score (nSPS) is 10.9. The molecule has 3 nitrogen and oxygen atoms in total. The van der Waals surface area contributed by atoms with Crippen LogP contribution in [0.25, 0.3) is 11.3 Å². The maximum atomic E-state index is 6.19. The summed E-state index contributed by atoms with van der Waals surface area (Å²) in [5, 5.41) is 0. The van der Waals surface area contributed by atoms with Crippen molar-refractivity contribution in [3.63, 3.8) is 0 Å². The molecule has 0 saturated heterocycles. The number of aromatic nitrogens is 1. The second-order valence-corrected chi connectivity index (χ2v) is 7.32. The Balaban J connectivity index is 1.64. The molecule has 2 aromatic carbocycles. The molecule has 0 bridgehead atoms. The van der Waals surface area contributed by atoms with Crippen LogP contribution in [0.2, 0.25) is 0 Å². The second kappa shape index (κ2) is 7.89. The fraction of sp³-hybridized carbons (Fsp3) is 0.130. The standard InChI is InChI=1S/C23H20BrNO2/c1-26-22-9-5-8-18(23(22)27-15-16-6-3-2-4-7-16)12-17-10-11-21-20(17)13-19(24)14-25-21/h2-11,13-14,25H,12,15H2,1H3. The number of halogens is 1. The Hall–Kier alpha value is -2.72. The first-order valence-corrected chi connectivity index (χ1v) is 9.62. The minimum atomic E-state index is 0.509. The van der Waals surface area contributed by atoms with Gasteiger partial charge in [0.2, 0.25) is 0 Å². The van der Waals surface area contributed by atoms with Gasteiger partial charge in [-0.05, 0) is 45.3 Å². The third-order valence-corrected chi connectivity index (χ3v) is 5.08. The van der Waals surface area contributed by atoms with Gasteiger partial charge < -0.3 is 14.5 Å². The van der Waals surface area contributed by atoms with Crippen LogP contribution in [0, 0.1) is 0 Å². The number of H-pyrrole nitrogens is 1. The van der Waals surface area contributed by atoms with Gasteiger partial charge in [0.15, 0.2) is 11.5 Å². The van der Waals surface area contributed by atoms with Crippen LogP contribution in [0.15, 0.2) is 77.4 Å². The predicted octanol–water partition coefficient (Wildman–Crippen LogP) is 6.06. The summed E-state index contributed by atoms with van der Waals surface area (Å²) in [4.78, 5) is 3.31. The second-order valence-electron chi connectivity index (χ2n) is 6.40. The fourth-order valence-electron chi connectivity index (χ4n) is 3.27. The van der Waals surface area contributed by atoms with Crippen molar-refractivity contribution >= 4 is 15.9 Å². The van der Waals surface area contributed by atoms with Crippen molar-refractivity contribution in [2.45, 2.75) is 13.0 Å². The molecule has 1 aliphatic heterocycles. The van der Waals surface area contributed by atoms with Gasteiger partial charge in [0.05, 0.1) is 7.11 Å². The third-order valence-electron chi connectivity index (χ3n) is 4.62. The van der Waals surface area contributed by atoms with Gasteiger partial charge in [-0.25, -0.2) is 0 Å². The Morgan fingerprint density at radius 3 is 2.59 bits per heavy atom. The zero-order chi connectivity index (χ0) is 18.6. The van der Waals surface area contributed by atoms with Gasteiger partial charge in [-0.1, -0.05) is 48.5 Å². The van der Waals surface area contributed by atoms with Gasteiger partial charge in [-0.2, -0.15) is 0 Å². The highest BCUT2D eigenvalue weighted by Crippen LogP contribution is 2.36. The van der Waals surface area contributed by atoms with E-state index in [9.17, 15) is 0 Å². The molecule has 1 N–H and O–H groups in total. The van der Waals surface area contributed by atoms with Gasteiger partial charge in [0.25, 0.3) is 0 Å². The summed E-state index contributed by atoms with van der Waals surface area (Å²) in [7, 11) is 1.68. The Labute approximate surface area is 167 Å². The topological polar surface area (TPSA) is 34.2 Å². The van der Waals surface area contributed by atoms with Crippen LogP contribution >= 0.6 is 15.9 Å². The van der Waals surface area contributed by atoms with E-state index in [1.54, 1.807) is 7.11 Å². The van der Waals surface area contributed by atoms with Crippen molar-refractivity contribution in [2.75, 3.05) is 7.11 Å².